The predicted molar refractivity (Wildman–Crippen MR) is 82.3 cm³/mol. The van der Waals surface area contributed by atoms with E-state index in [4.69, 9.17) is 15.9 Å². The van der Waals surface area contributed by atoms with Gasteiger partial charge in [-0.1, -0.05) is 25.0 Å². The molecule has 1 atom stereocenters. The van der Waals surface area contributed by atoms with Crippen molar-refractivity contribution in [1.29, 1.82) is 0 Å². The molecule has 0 bridgehead atoms. The Morgan fingerprint density at radius 3 is 2.10 bits per heavy atom. The average Bonchev–Trinajstić information content (AvgIpc) is 2.37. The van der Waals surface area contributed by atoms with Gasteiger partial charge in [0.2, 0.25) is 0 Å². The Bertz CT molecular complexity index is 309. The monoisotopic (exact) mass is 300 g/mol. The topological polar surface area (TPSA) is 113 Å². The van der Waals surface area contributed by atoms with Crippen molar-refractivity contribution < 1.29 is 19.8 Å². The van der Waals surface area contributed by atoms with E-state index in [9.17, 15) is 9.59 Å². The van der Waals surface area contributed by atoms with Gasteiger partial charge in [-0.2, -0.15) is 0 Å². The van der Waals surface area contributed by atoms with Crippen molar-refractivity contribution in [2.24, 2.45) is 5.73 Å². The molecule has 6 heteroatoms. The smallest absolute Gasteiger partial charge is 0.404 e. The van der Waals surface area contributed by atoms with Gasteiger partial charge in [-0.05, 0) is 44.9 Å². The number of amides is 1. The summed E-state index contributed by atoms with van der Waals surface area (Å²) in [5.41, 5.74) is 5.22. The summed E-state index contributed by atoms with van der Waals surface area (Å²) in [7, 11) is 0. The van der Waals surface area contributed by atoms with Crippen LogP contribution in [0.5, 0.6) is 0 Å². The molecule has 0 radical (unpaired) electrons. The van der Waals surface area contributed by atoms with Crippen LogP contribution in [0.4, 0.5) is 4.79 Å². The van der Waals surface area contributed by atoms with Crippen LogP contribution >= 0.6 is 0 Å². The minimum atomic E-state index is -1.07. The van der Waals surface area contributed by atoms with Crippen molar-refractivity contribution >= 4 is 12.1 Å². The van der Waals surface area contributed by atoms with E-state index < -0.39 is 18.1 Å². The van der Waals surface area contributed by atoms with E-state index in [0.717, 1.165) is 0 Å². The van der Waals surface area contributed by atoms with Crippen LogP contribution < -0.4 is 11.1 Å². The molecule has 0 spiro atoms. The summed E-state index contributed by atoms with van der Waals surface area (Å²) < 4.78 is 0. The molecule has 1 amide bonds. The number of allylic oxidation sites excluding steroid dienone is 2. The Morgan fingerprint density at radius 1 is 1.05 bits per heavy atom. The minimum absolute atomic E-state index is 0.335. The Labute approximate surface area is 126 Å². The molecular weight excluding hydrogens is 272 g/mol. The molecule has 1 aliphatic rings. The van der Waals surface area contributed by atoms with Crippen LogP contribution in [0, 0.1) is 0 Å². The second-order valence-corrected chi connectivity index (χ2v) is 5.14. The first kappa shape index (κ1) is 19.4. The van der Waals surface area contributed by atoms with Gasteiger partial charge >= 0.3 is 12.1 Å². The highest BCUT2D eigenvalue weighted by Crippen LogP contribution is 2.09. The quantitative estimate of drug-likeness (QED) is 0.445. The van der Waals surface area contributed by atoms with Crippen molar-refractivity contribution in [1.82, 2.24) is 5.32 Å². The first-order chi connectivity index (χ1) is 10.0. The molecule has 0 aromatic carbocycles. The number of nitrogens with one attached hydrogen (secondary N) is 1. The fraction of sp³-hybridized carbons (Fsp3) is 0.733. The molecule has 0 aromatic heterocycles. The molecule has 5 N–H and O–H groups in total. The molecule has 0 aromatic rings. The fourth-order valence-corrected chi connectivity index (χ4v) is 1.92. The number of unbranched alkanes of at least 4 members (excludes halogenated alkanes) is 1. The van der Waals surface area contributed by atoms with Crippen molar-refractivity contribution in [2.45, 2.75) is 63.8 Å². The molecule has 0 fully saturated rings. The maximum Gasteiger partial charge on any atom is 0.404 e. The van der Waals surface area contributed by atoms with Gasteiger partial charge in [0.15, 0.2) is 0 Å². The van der Waals surface area contributed by atoms with Gasteiger partial charge in [-0.15, -0.1) is 0 Å². The van der Waals surface area contributed by atoms with Crippen LogP contribution in [0.3, 0.4) is 0 Å². The summed E-state index contributed by atoms with van der Waals surface area (Å²) >= 11 is 0. The van der Waals surface area contributed by atoms with Gasteiger partial charge < -0.3 is 21.3 Å². The van der Waals surface area contributed by atoms with Crippen LogP contribution in [-0.4, -0.2) is 34.9 Å². The van der Waals surface area contributed by atoms with Crippen LogP contribution in [0.1, 0.15) is 57.8 Å². The first-order valence-corrected chi connectivity index (χ1v) is 7.64. The van der Waals surface area contributed by atoms with E-state index in [2.05, 4.69) is 17.5 Å². The normalized spacial score (nSPS) is 17.4. The van der Waals surface area contributed by atoms with Crippen molar-refractivity contribution in [2.75, 3.05) is 6.54 Å². The molecule has 1 rings (SSSR count). The second-order valence-electron chi connectivity index (χ2n) is 5.14. The van der Waals surface area contributed by atoms with Gasteiger partial charge in [0, 0.05) is 6.54 Å². The van der Waals surface area contributed by atoms with Gasteiger partial charge in [-0.25, -0.2) is 4.79 Å². The Hall–Kier alpha value is -1.56. The maximum atomic E-state index is 10.2. The standard InChI is InChI=1S/C8H14.C7H14N2O4/c1-2-4-6-8-7-5-3-1;8-5(6(10)11)3-1-2-4-9-7(12)13/h1-2H,3-8H2;5,9H,1-4,8H2,(H,10,11)(H,12,13)/b2-1+;/t;5-/m.0/s1. The van der Waals surface area contributed by atoms with Crippen LogP contribution in [0.25, 0.3) is 0 Å². The zero-order valence-corrected chi connectivity index (χ0v) is 12.6. The number of nitrogens with two attached hydrogens (primary N) is 1. The zero-order valence-electron chi connectivity index (χ0n) is 12.6. The lowest BCUT2D eigenvalue weighted by atomic mass is 10.1. The molecule has 1 aliphatic carbocycles. The lowest BCUT2D eigenvalue weighted by Crippen LogP contribution is -2.30. The van der Waals surface area contributed by atoms with Gasteiger partial charge in [0.1, 0.15) is 6.04 Å². The third kappa shape index (κ3) is 14.7. The van der Waals surface area contributed by atoms with Crippen molar-refractivity contribution in [3.63, 3.8) is 0 Å². The molecule has 0 aliphatic heterocycles. The number of carboxylic acids is 1. The Morgan fingerprint density at radius 2 is 1.62 bits per heavy atom. The summed E-state index contributed by atoms with van der Waals surface area (Å²) in [5, 5.41) is 18.7. The molecule has 0 saturated carbocycles. The molecule has 0 heterocycles. The van der Waals surface area contributed by atoms with E-state index in [1.54, 1.807) is 0 Å². The third-order valence-electron chi connectivity index (χ3n) is 3.19. The van der Waals surface area contributed by atoms with E-state index >= 15 is 0 Å². The lowest BCUT2D eigenvalue weighted by Gasteiger charge is -2.05. The van der Waals surface area contributed by atoms with E-state index in [1.807, 2.05) is 0 Å². The predicted octanol–water partition coefficient (Wildman–Crippen LogP) is 2.73. The van der Waals surface area contributed by atoms with Crippen LogP contribution in [-0.2, 0) is 4.79 Å². The van der Waals surface area contributed by atoms with Crippen molar-refractivity contribution in [3.8, 4) is 0 Å². The zero-order chi connectivity index (χ0) is 15.9. The molecule has 122 valence electrons. The highest BCUT2D eigenvalue weighted by molar-refractivity contribution is 5.72. The number of carboxylic acid groups (broad SMARTS) is 2. The fourth-order valence-electron chi connectivity index (χ4n) is 1.92. The third-order valence-corrected chi connectivity index (χ3v) is 3.19. The summed E-state index contributed by atoms with van der Waals surface area (Å²) in [4.78, 5) is 20.2. The highest BCUT2D eigenvalue weighted by atomic mass is 16.4. The molecule has 0 unspecified atom stereocenters. The average molecular weight is 300 g/mol. The van der Waals surface area contributed by atoms with Crippen LogP contribution in [0.15, 0.2) is 12.2 Å². The first-order valence-electron chi connectivity index (χ1n) is 7.64. The van der Waals surface area contributed by atoms with Gasteiger partial charge in [0.05, 0.1) is 0 Å². The largest absolute Gasteiger partial charge is 0.480 e. The number of rotatable bonds is 6. The van der Waals surface area contributed by atoms with E-state index in [1.165, 1.54) is 38.5 Å². The summed E-state index contributed by atoms with van der Waals surface area (Å²) in [6.45, 7) is 0.335. The Kier molecular flexibility index (Phi) is 12.4. The number of carbonyl (C=O) groups is 2. The summed E-state index contributed by atoms with van der Waals surface area (Å²) in [6, 6.07) is -0.843. The number of aliphatic carboxylic acids is 1. The molecule has 21 heavy (non-hydrogen) atoms. The van der Waals surface area contributed by atoms with Gasteiger partial charge in [-0.3, -0.25) is 4.79 Å². The lowest BCUT2D eigenvalue weighted by molar-refractivity contribution is -0.138. The van der Waals surface area contributed by atoms with Crippen LogP contribution in [0.2, 0.25) is 0 Å². The SMILES string of the molecule is C1=C/CCCCCC/1.N[C@@H](CCCCNC(=O)O)C(=O)O. The van der Waals surface area contributed by atoms with Gasteiger partial charge in [0.25, 0.3) is 0 Å². The summed E-state index contributed by atoms with van der Waals surface area (Å²) in [6.07, 6.45) is 13.5. The summed E-state index contributed by atoms with van der Waals surface area (Å²) in [5.74, 6) is -1.02. The number of hydrogen-bond acceptors (Lipinski definition) is 3. The molecular formula is C15H28N2O4. The van der Waals surface area contributed by atoms with Crippen molar-refractivity contribution in [3.05, 3.63) is 12.2 Å². The van der Waals surface area contributed by atoms with E-state index in [-0.39, 0.29) is 0 Å². The second kappa shape index (κ2) is 13.4. The maximum absolute atomic E-state index is 10.2. The van der Waals surface area contributed by atoms with E-state index in [0.29, 0.717) is 25.8 Å². The molecule has 6 nitrogen and oxygen atoms in total. The highest BCUT2D eigenvalue weighted by Gasteiger charge is 2.09. The Balaban J connectivity index is 0.000000423. The minimum Gasteiger partial charge on any atom is -0.480 e. The molecule has 0 saturated heterocycles. The number of hydrogen-bond donors (Lipinski definition) is 4.